The molecular weight excluding hydrogens is 657 g/mol. The highest BCUT2D eigenvalue weighted by Gasteiger charge is 2.35. The van der Waals surface area contributed by atoms with Gasteiger partial charge < -0.3 is 20.1 Å². The Labute approximate surface area is 285 Å². The number of alkyl halides is 3. The van der Waals surface area contributed by atoms with Crippen molar-refractivity contribution in [2.75, 3.05) is 26.2 Å². The third-order valence-electron chi connectivity index (χ3n) is 8.36. The maximum atomic E-state index is 13.6. The van der Waals surface area contributed by atoms with Crippen LogP contribution in [0, 0.1) is 0 Å². The average Bonchev–Trinajstić information content (AvgIpc) is 3.67. The highest BCUT2D eigenvalue weighted by Crippen LogP contribution is 2.39. The molecule has 0 aliphatic carbocycles. The number of hydrogen-bond acceptors (Lipinski definition) is 8. The number of aromatic nitrogens is 2. The number of thiophene rings is 1. The normalized spacial score (nSPS) is 18.0. The molecule has 49 heavy (non-hydrogen) atoms. The van der Waals surface area contributed by atoms with Crippen molar-refractivity contribution in [1.29, 1.82) is 0 Å². The van der Waals surface area contributed by atoms with E-state index in [0.29, 0.717) is 36.7 Å². The smallest absolute Gasteiger partial charge is 0.416 e. The molecule has 2 aromatic carbocycles. The number of allylic oxidation sites excluding steroid dienone is 1. The van der Waals surface area contributed by atoms with Crippen LogP contribution in [-0.2, 0) is 10.9 Å². The molecule has 14 heteroatoms. The number of imidazole rings is 1. The van der Waals surface area contributed by atoms with Crippen LogP contribution in [0.2, 0.25) is 0 Å². The summed E-state index contributed by atoms with van der Waals surface area (Å²) in [6, 6.07) is 12.6. The second-order valence-electron chi connectivity index (χ2n) is 13.0. The molecular formula is C35H37F3N6O4S. The topological polar surface area (TPSA) is 115 Å². The van der Waals surface area contributed by atoms with Gasteiger partial charge in [-0.2, -0.15) is 13.2 Å². The fourth-order valence-electron chi connectivity index (χ4n) is 5.95. The molecule has 0 saturated carbocycles. The number of nitrogens with two attached hydrogens (primary N) is 1. The number of benzene rings is 2. The highest BCUT2D eigenvalue weighted by molar-refractivity contribution is 7.16. The minimum atomic E-state index is -4.56. The molecule has 258 valence electrons. The van der Waals surface area contributed by atoms with Gasteiger partial charge in [0.15, 0.2) is 0 Å². The molecule has 2 N–H and O–H groups in total. The average molecular weight is 695 g/mol. The van der Waals surface area contributed by atoms with Gasteiger partial charge in [0.25, 0.3) is 5.91 Å². The summed E-state index contributed by atoms with van der Waals surface area (Å²) in [5.74, 6) is -0.652. The Hall–Kier alpha value is -4.69. The predicted octanol–water partition coefficient (Wildman–Crippen LogP) is 7.08. The monoisotopic (exact) mass is 694 g/mol. The molecule has 1 saturated heterocycles. The number of ether oxygens (including phenoxy) is 2. The number of halogens is 3. The summed E-state index contributed by atoms with van der Waals surface area (Å²) in [6.45, 7) is 9.66. The van der Waals surface area contributed by atoms with Gasteiger partial charge in [-0.25, -0.2) is 9.78 Å². The first kappa shape index (κ1) is 34.2. The Bertz CT molecular complexity index is 1930. The molecule has 1 unspecified atom stereocenters. The van der Waals surface area contributed by atoms with Crippen molar-refractivity contribution < 1.29 is 32.2 Å². The number of rotatable bonds is 7. The van der Waals surface area contributed by atoms with Gasteiger partial charge in [-0.05, 0) is 57.0 Å². The summed E-state index contributed by atoms with van der Waals surface area (Å²) in [5.41, 5.74) is 7.65. The van der Waals surface area contributed by atoms with E-state index in [1.165, 1.54) is 25.1 Å². The second kappa shape index (κ2) is 13.3. The van der Waals surface area contributed by atoms with Crippen LogP contribution in [0.4, 0.5) is 18.0 Å². The number of nitrogens with zero attached hydrogens (tertiary/aromatic N) is 5. The highest BCUT2D eigenvalue weighted by atomic mass is 32.1. The van der Waals surface area contributed by atoms with Crippen molar-refractivity contribution in [3.05, 3.63) is 82.5 Å². The summed E-state index contributed by atoms with van der Waals surface area (Å²) in [4.78, 5) is 38.3. The SMILES string of the molecule is C[C@@H](Oc1cc(-n2cnc3cc(C4=CCC(N5CCN(C(=O)OC(C)(C)C)CC5)N=C4)ccc32)sc1C(N)=O)c1ccccc1C(F)(F)F. The number of hydrogen-bond donors (Lipinski definition) is 1. The van der Waals surface area contributed by atoms with E-state index in [4.69, 9.17) is 20.2 Å². The van der Waals surface area contributed by atoms with E-state index in [-0.39, 0.29) is 28.4 Å². The molecule has 4 heterocycles. The molecule has 2 aliphatic rings. The Morgan fingerprint density at radius 2 is 1.78 bits per heavy atom. The van der Waals surface area contributed by atoms with E-state index in [2.05, 4.69) is 16.0 Å². The third kappa shape index (κ3) is 7.49. The summed E-state index contributed by atoms with van der Waals surface area (Å²) in [5, 5.41) is 0.573. The molecule has 0 bridgehead atoms. The fraction of sp³-hybridized carbons (Fsp3) is 0.371. The Balaban J connectivity index is 1.15. The second-order valence-corrected chi connectivity index (χ2v) is 14.0. The fourth-order valence-corrected chi connectivity index (χ4v) is 6.88. The molecule has 0 radical (unpaired) electrons. The van der Waals surface area contributed by atoms with Gasteiger partial charge in [-0.1, -0.05) is 30.3 Å². The quantitative estimate of drug-likeness (QED) is 0.221. The van der Waals surface area contributed by atoms with Crippen LogP contribution in [0.15, 0.2) is 65.9 Å². The number of dihydropyridines is 1. The molecule has 2 atom stereocenters. The molecule has 10 nitrogen and oxygen atoms in total. The van der Waals surface area contributed by atoms with Crippen molar-refractivity contribution in [3.63, 3.8) is 0 Å². The maximum Gasteiger partial charge on any atom is 0.416 e. The lowest BCUT2D eigenvalue weighted by Crippen LogP contribution is -2.52. The largest absolute Gasteiger partial charge is 0.484 e. The van der Waals surface area contributed by atoms with Gasteiger partial charge in [0.05, 0.1) is 16.6 Å². The summed E-state index contributed by atoms with van der Waals surface area (Å²) in [7, 11) is 0. The lowest BCUT2D eigenvalue weighted by Gasteiger charge is -2.38. The summed E-state index contributed by atoms with van der Waals surface area (Å²) < 4.78 is 54.1. The number of primary amides is 1. The van der Waals surface area contributed by atoms with Crippen molar-refractivity contribution in [2.24, 2.45) is 10.7 Å². The molecule has 1 fully saturated rings. The van der Waals surface area contributed by atoms with Crippen LogP contribution in [0.5, 0.6) is 5.75 Å². The van der Waals surface area contributed by atoms with Gasteiger partial charge in [-0.3, -0.25) is 19.3 Å². The zero-order valence-electron chi connectivity index (χ0n) is 27.5. The predicted molar refractivity (Wildman–Crippen MR) is 182 cm³/mol. The van der Waals surface area contributed by atoms with Crippen molar-refractivity contribution in [2.45, 2.75) is 58.2 Å². The first-order chi connectivity index (χ1) is 23.2. The van der Waals surface area contributed by atoms with Crippen molar-refractivity contribution in [3.8, 4) is 10.8 Å². The molecule has 6 rings (SSSR count). The van der Waals surface area contributed by atoms with E-state index < -0.39 is 29.4 Å². The van der Waals surface area contributed by atoms with Crippen LogP contribution in [-0.4, -0.2) is 75.5 Å². The van der Waals surface area contributed by atoms with Crippen molar-refractivity contribution in [1.82, 2.24) is 19.4 Å². The molecule has 0 spiro atoms. The third-order valence-corrected chi connectivity index (χ3v) is 9.49. The molecule has 2 amide bonds. The Kier molecular flexibility index (Phi) is 9.29. The zero-order chi connectivity index (χ0) is 35.1. The number of aliphatic imine (C=N–C) groups is 1. The number of carbonyl (C=O) groups excluding carboxylic acids is 2. The summed E-state index contributed by atoms with van der Waals surface area (Å²) in [6.07, 6.45) is 0.498. The molecule has 2 aliphatic heterocycles. The molecule has 4 aromatic rings. The van der Waals surface area contributed by atoms with E-state index in [0.717, 1.165) is 40.5 Å². The number of piperazine rings is 1. The molecule has 2 aromatic heterocycles. The van der Waals surface area contributed by atoms with Crippen LogP contribution in [0.25, 0.3) is 21.6 Å². The standard InChI is InChI=1S/C35H37F3N6O4S/c1-21(24-7-5-6-8-25(24)35(36,37)38)47-28-18-30(49-31(28)32(39)45)44-20-41-26-17-22(9-11-27(26)44)23-10-12-29(40-19-23)42-13-15-43(16-14-42)33(46)48-34(2,3)4/h5-11,17-21,29H,12-16H2,1-4H3,(H2,39,45)/t21-,29?/m1/s1. The summed E-state index contributed by atoms with van der Waals surface area (Å²) >= 11 is 1.07. The number of carbonyl (C=O) groups is 2. The van der Waals surface area contributed by atoms with Crippen molar-refractivity contribution >= 4 is 46.2 Å². The minimum absolute atomic E-state index is 0.00756. The van der Waals surface area contributed by atoms with Gasteiger partial charge in [-0.15, -0.1) is 11.3 Å². The van der Waals surface area contributed by atoms with Crippen LogP contribution in [0.1, 0.15) is 66.6 Å². The van der Waals surface area contributed by atoms with Gasteiger partial charge in [0.1, 0.15) is 39.8 Å². The maximum absolute atomic E-state index is 13.6. The number of amides is 2. The Morgan fingerprint density at radius 1 is 1.04 bits per heavy atom. The van der Waals surface area contributed by atoms with E-state index >= 15 is 0 Å². The van der Waals surface area contributed by atoms with Crippen LogP contribution >= 0.6 is 11.3 Å². The van der Waals surface area contributed by atoms with Crippen LogP contribution < -0.4 is 10.5 Å². The first-order valence-electron chi connectivity index (χ1n) is 15.9. The lowest BCUT2D eigenvalue weighted by molar-refractivity contribution is -0.139. The van der Waals surface area contributed by atoms with Gasteiger partial charge >= 0.3 is 12.3 Å². The van der Waals surface area contributed by atoms with Gasteiger partial charge in [0.2, 0.25) is 0 Å². The van der Waals surface area contributed by atoms with Crippen LogP contribution in [0.3, 0.4) is 0 Å². The first-order valence-corrected chi connectivity index (χ1v) is 16.7. The lowest BCUT2D eigenvalue weighted by atomic mass is 10.0. The van der Waals surface area contributed by atoms with E-state index in [1.54, 1.807) is 21.9 Å². The van der Waals surface area contributed by atoms with E-state index in [1.807, 2.05) is 45.2 Å². The van der Waals surface area contributed by atoms with Gasteiger partial charge in [0, 0.05) is 50.4 Å². The minimum Gasteiger partial charge on any atom is -0.484 e. The zero-order valence-corrected chi connectivity index (χ0v) is 28.3. The number of fused-ring (bicyclic) bond motifs is 1. The Morgan fingerprint density at radius 3 is 2.43 bits per heavy atom. The van der Waals surface area contributed by atoms with E-state index in [9.17, 15) is 22.8 Å².